The lowest BCUT2D eigenvalue weighted by atomic mass is 9.99. The van der Waals surface area contributed by atoms with Crippen molar-refractivity contribution in [2.24, 2.45) is 0 Å². The number of rotatable bonds is 5. The van der Waals surface area contributed by atoms with Crippen LogP contribution < -0.4 is 19.7 Å². The van der Waals surface area contributed by atoms with Crippen molar-refractivity contribution < 1.29 is 19.1 Å². The second-order valence-corrected chi connectivity index (χ2v) is 7.17. The third kappa shape index (κ3) is 3.87. The number of nitrogens with one attached hydrogen (secondary N) is 1. The molecule has 1 aliphatic rings. The molecule has 7 heteroatoms. The van der Waals surface area contributed by atoms with E-state index in [0.29, 0.717) is 29.4 Å². The van der Waals surface area contributed by atoms with Gasteiger partial charge in [0, 0.05) is 5.56 Å². The maximum atomic E-state index is 13.3. The lowest BCUT2D eigenvalue weighted by Gasteiger charge is -2.29. The Balaban J connectivity index is 1.83. The van der Waals surface area contributed by atoms with Crippen LogP contribution in [0.3, 0.4) is 0 Å². The van der Waals surface area contributed by atoms with Gasteiger partial charge in [-0.05, 0) is 66.3 Å². The van der Waals surface area contributed by atoms with Crippen LogP contribution in [0.2, 0.25) is 0 Å². The first-order chi connectivity index (χ1) is 15.0. The number of nitrogens with zero attached hydrogens (tertiary/aromatic N) is 1. The molecule has 3 aromatic rings. The Kier molecular flexibility index (Phi) is 5.68. The van der Waals surface area contributed by atoms with Gasteiger partial charge in [-0.2, -0.15) is 0 Å². The fourth-order valence-electron chi connectivity index (χ4n) is 3.47. The first-order valence-corrected chi connectivity index (χ1v) is 10.1. The summed E-state index contributed by atoms with van der Waals surface area (Å²) in [5.41, 5.74) is 1.17. The molecule has 0 atom stereocenters. The zero-order chi connectivity index (χ0) is 22.0. The van der Waals surface area contributed by atoms with Crippen molar-refractivity contribution in [3.63, 3.8) is 0 Å². The Morgan fingerprint density at radius 2 is 1.77 bits per heavy atom. The molecular weight excluding hydrogens is 412 g/mol. The third-order valence-corrected chi connectivity index (χ3v) is 5.24. The molecule has 0 unspecified atom stereocenters. The molecule has 0 radical (unpaired) electrons. The van der Waals surface area contributed by atoms with Crippen LogP contribution in [-0.4, -0.2) is 30.6 Å². The second kappa shape index (κ2) is 8.57. The number of thiocarbonyl (C=S) groups is 1. The molecule has 1 heterocycles. The minimum Gasteiger partial charge on any atom is -0.497 e. The molecule has 6 nitrogen and oxygen atoms in total. The van der Waals surface area contributed by atoms with Crippen molar-refractivity contribution >= 4 is 51.7 Å². The molecule has 2 amide bonds. The SMILES string of the molecule is CCOc1ccc2ccccc2c1/C=C1/C(=O)NC(=S)N(c2ccc(OC)cc2)C1=O. The van der Waals surface area contributed by atoms with Crippen LogP contribution in [0.15, 0.2) is 66.2 Å². The summed E-state index contributed by atoms with van der Waals surface area (Å²) in [5, 5.41) is 4.50. The van der Waals surface area contributed by atoms with Crippen molar-refractivity contribution in [2.75, 3.05) is 18.6 Å². The highest BCUT2D eigenvalue weighted by Crippen LogP contribution is 2.32. The zero-order valence-electron chi connectivity index (χ0n) is 17.0. The fraction of sp³-hybridized carbons (Fsp3) is 0.125. The number of ether oxygens (including phenoxy) is 2. The summed E-state index contributed by atoms with van der Waals surface area (Å²) in [5.74, 6) is 0.193. The van der Waals surface area contributed by atoms with Gasteiger partial charge in [0.15, 0.2) is 5.11 Å². The number of anilines is 1. The van der Waals surface area contributed by atoms with Crippen molar-refractivity contribution in [3.8, 4) is 11.5 Å². The van der Waals surface area contributed by atoms with Gasteiger partial charge in [-0.1, -0.05) is 30.3 Å². The summed E-state index contributed by atoms with van der Waals surface area (Å²) in [6.45, 7) is 2.34. The summed E-state index contributed by atoms with van der Waals surface area (Å²) < 4.78 is 10.9. The van der Waals surface area contributed by atoms with Crippen LogP contribution in [0.5, 0.6) is 11.5 Å². The van der Waals surface area contributed by atoms with E-state index in [1.807, 2.05) is 43.3 Å². The van der Waals surface area contributed by atoms with Crippen LogP contribution in [0.1, 0.15) is 12.5 Å². The predicted octanol–water partition coefficient (Wildman–Crippen LogP) is 4.08. The number of hydrogen-bond acceptors (Lipinski definition) is 5. The molecule has 3 aromatic carbocycles. The van der Waals surface area contributed by atoms with Crippen LogP contribution in [0, 0.1) is 0 Å². The minimum atomic E-state index is -0.546. The fourth-order valence-corrected chi connectivity index (χ4v) is 3.75. The van der Waals surface area contributed by atoms with E-state index in [2.05, 4.69) is 5.32 Å². The van der Waals surface area contributed by atoms with Gasteiger partial charge in [0.1, 0.15) is 17.1 Å². The first kappa shape index (κ1) is 20.6. The zero-order valence-corrected chi connectivity index (χ0v) is 17.9. The van der Waals surface area contributed by atoms with E-state index in [0.717, 1.165) is 10.8 Å². The van der Waals surface area contributed by atoms with Crippen molar-refractivity contribution in [1.82, 2.24) is 5.32 Å². The standard InChI is InChI=1S/C24H20N2O4S/c1-3-30-21-13-8-15-6-4-5-7-18(15)19(21)14-20-22(27)25-24(31)26(23(20)28)16-9-11-17(29-2)12-10-16/h4-14H,3H2,1-2H3,(H,25,27,31)/b20-14-. The Morgan fingerprint density at radius 1 is 1.03 bits per heavy atom. The van der Waals surface area contributed by atoms with E-state index in [-0.39, 0.29) is 10.7 Å². The number of amides is 2. The van der Waals surface area contributed by atoms with E-state index >= 15 is 0 Å². The lowest BCUT2D eigenvalue weighted by Crippen LogP contribution is -2.54. The molecule has 31 heavy (non-hydrogen) atoms. The number of benzene rings is 3. The first-order valence-electron chi connectivity index (χ1n) is 9.73. The molecule has 0 spiro atoms. The molecule has 4 rings (SSSR count). The summed E-state index contributed by atoms with van der Waals surface area (Å²) in [6.07, 6.45) is 1.57. The van der Waals surface area contributed by atoms with Gasteiger partial charge in [-0.3, -0.25) is 19.8 Å². The average Bonchev–Trinajstić information content (AvgIpc) is 2.78. The Morgan fingerprint density at radius 3 is 2.48 bits per heavy atom. The van der Waals surface area contributed by atoms with Crippen molar-refractivity contribution in [2.45, 2.75) is 6.92 Å². The lowest BCUT2D eigenvalue weighted by molar-refractivity contribution is -0.122. The van der Waals surface area contributed by atoms with Gasteiger partial charge in [-0.25, -0.2) is 0 Å². The smallest absolute Gasteiger partial charge is 0.270 e. The minimum absolute atomic E-state index is 0.0262. The normalized spacial score (nSPS) is 15.4. The highest BCUT2D eigenvalue weighted by atomic mass is 32.1. The molecule has 1 fully saturated rings. The molecule has 0 bridgehead atoms. The second-order valence-electron chi connectivity index (χ2n) is 6.79. The van der Waals surface area contributed by atoms with Gasteiger partial charge in [0.05, 0.1) is 19.4 Å². The summed E-state index contributed by atoms with van der Waals surface area (Å²) >= 11 is 5.28. The molecule has 156 valence electrons. The Bertz CT molecular complexity index is 1220. The molecule has 0 aliphatic carbocycles. The number of methoxy groups -OCH3 is 1. The van der Waals surface area contributed by atoms with Crippen molar-refractivity contribution in [1.29, 1.82) is 0 Å². The van der Waals surface area contributed by atoms with Crippen molar-refractivity contribution in [3.05, 3.63) is 71.8 Å². The average molecular weight is 433 g/mol. The maximum absolute atomic E-state index is 13.3. The van der Waals surface area contributed by atoms with Gasteiger partial charge in [0.25, 0.3) is 11.8 Å². The van der Waals surface area contributed by atoms with Gasteiger partial charge < -0.3 is 9.47 Å². The number of fused-ring (bicyclic) bond motifs is 1. The molecular formula is C24H20N2O4S. The van der Waals surface area contributed by atoms with Crippen LogP contribution in [-0.2, 0) is 9.59 Å². The van der Waals surface area contributed by atoms with E-state index in [4.69, 9.17) is 21.7 Å². The van der Waals surface area contributed by atoms with Gasteiger partial charge in [-0.15, -0.1) is 0 Å². The molecule has 1 aliphatic heterocycles. The summed E-state index contributed by atoms with van der Waals surface area (Å²) in [6, 6.07) is 18.4. The number of carbonyl (C=O) groups is 2. The molecule has 0 saturated carbocycles. The summed E-state index contributed by atoms with van der Waals surface area (Å²) in [7, 11) is 1.56. The van der Waals surface area contributed by atoms with Crippen LogP contribution in [0.25, 0.3) is 16.8 Å². The highest BCUT2D eigenvalue weighted by Gasteiger charge is 2.34. The maximum Gasteiger partial charge on any atom is 0.270 e. The molecule has 1 saturated heterocycles. The Labute approximate surface area is 185 Å². The largest absolute Gasteiger partial charge is 0.497 e. The number of carbonyl (C=O) groups excluding carboxylic acids is 2. The van der Waals surface area contributed by atoms with Gasteiger partial charge >= 0.3 is 0 Å². The molecule has 1 N–H and O–H groups in total. The van der Waals surface area contributed by atoms with E-state index in [1.54, 1.807) is 37.5 Å². The monoisotopic (exact) mass is 432 g/mol. The van der Waals surface area contributed by atoms with E-state index in [1.165, 1.54) is 4.90 Å². The van der Waals surface area contributed by atoms with E-state index in [9.17, 15) is 9.59 Å². The van der Waals surface area contributed by atoms with E-state index < -0.39 is 11.8 Å². The third-order valence-electron chi connectivity index (χ3n) is 4.95. The molecule has 0 aromatic heterocycles. The highest BCUT2D eigenvalue weighted by molar-refractivity contribution is 7.80. The topological polar surface area (TPSA) is 67.9 Å². The number of hydrogen-bond donors (Lipinski definition) is 1. The Hall–Kier alpha value is -3.71. The van der Waals surface area contributed by atoms with Crippen LogP contribution >= 0.6 is 12.2 Å². The summed E-state index contributed by atoms with van der Waals surface area (Å²) in [4.78, 5) is 27.4. The van der Waals surface area contributed by atoms with Gasteiger partial charge in [0.2, 0.25) is 0 Å². The predicted molar refractivity (Wildman–Crippen MR) is 124 cm³/mol. The van der Waals surface area contributed by atoms with Crippen LogP contribution in [0.4, 0.5) is 5.69 Å². The quantitative estimate of drug-likeness (QED) is 0.374.